The van der Waals surface area contributed by atoms with Crippen LogP contribution in [0, 0.1) is 6.92 Å². The molecule has 0 radical (unpaired) electrons. The van der Waals surface area contributed by atoms with Crippen LogP contribution in [0.5, 0.6) is 5.75 Å². The monoisotopic (exact) mass is 586 g/mol. The Morgan fingerprint density at radius 1 is 0.837 bits per heavy atom. The second kappa shape index (κ2) is 11.8. The van der Waals surface area contributed by atoms with E-state index in [9.17, 15) is 27.6 Å². The zero-order valence-electron chi connectivity index (χ0n) is 23.1. The first-order valence-electron chi connectivity index (χ1n) is 13.3. The molecule has 1 aromatic heterocycles. The fourth-order valence-corrected chi connectivity index (χ4v) is 4.80. The molecule has 0 spiro atoms. The molecule has 5 aromatic rings. The molecule has 0 aliphatic carbocycles. The molecule has 1 N–H and O–H groups in total. The Labute approximate surface area is 244 Å². The van der Waals surface area contributed by atoms with Gasteiger partial charge < -0.3 is 19.4 Å². The van der Waals surface area contributed by atoms with Crippen molar-refractivity contribution in [1.29, 1.82) is 0 Å². The van der Waals surface area contributed by atoms with E-state index in [0.717, 1.165) is 23.9 Å². The summed E-state index contributed by atoms with van der Waals surface area (Å²) in [6.07, 6.45) is -4.62. The highest BCUT2D eigenvalue weighted by molar-refractivity contribution is 6.09. The molecule has 0 atom stereocenters. The quantitative estimate of drug-likeness (QED) is 0.157. The van der Waals surface area contributed by atoms with Crippen LogP contribution in [0.1, 0.15) is 49.3 Å². The molecule has 10 heteroatoms. The van der Waals surface area contributed by atoms with Crippen molar-refractivity contribution in [3.63, 3.8) is 0 Å². The highest BCUT2D eigenvalue weighted by atomic mass is 19.4. The maximum atomic E-state index is 13.3. The molecule has 0 aliphatic heterocycles. The normalized spacial score (nSPS) is 11.3. The van der Waals surface area contributed by atoms with Gasteiger partial charge in [0.2, 0.25) is 0 Å². The van der Waals surface area contributed by atoms with Crippen molar-refractivity contribution >= 4 is 34.4 Å². The van der Waals surface area contributed by atoms with Crippen molar-refractivity contribution in [3.05, 3.63) is 125 Å². The summed E-state index contributed by atoms with van der Waals surface area (Å²) in [6.45, 7) is 3.68. The van der Waals surface area contributed by atoms with Gasteiger partial charge in [-0.25, -0.2) is 9.59 Å². The first-order chi connectivity index (χ1) is 20.6. The van der Waals surface area contributed by atoms with E-state index in [1.54, 1.807) is 44.2 Å². The molecule has 7 nitrogen and oxygen atoms in total. The average molecular weight is 587 g/mol. The van der Waals surface area contributed by atoms with Crippen molar-refractivity contribution in [3.8, 4) is 11.4 Å². The smallest absolute Gasteiger partial charge is 0.416 e. The van der Waals surface area contributed by atoms with Gasteiger partial charge >= 0.3 is 18.1 Å². The van der Waals surface area contributed by atoms with Crippen molar-refractivity contribution in [2.24, 2.45) is 0 Å². The fraction of sp³-hybridized carbons (Fsp3) is 0.121. The Bertz CT molecular complexity index is 1850. The number of amides is 1. The molecule has 4 aromatic carbocycles. The number of rotatable bonds is 7. The van der Waals surface area contributed by atoms with Gasteiger partial charge in [-0.15, -0.1) is 0 Å². The molecule has 218 valence electrons. The number of ether oxygens (including phenoxy) is 2. The number of nitrogens with zero attached hydrogens (tertiary/aromatic N) is 1. The van der Waals surface area contributed by atoms with Gasteiger partial charge in [0.25, 0.3) is 5.91 Å². The van der Waals surface area contributed by atoms with Gasteiger partial charge in [0.15, 0.2) is 0 Å². The topological polar surface area (TPSA) is 86.6 Å². The summed E-state index contributed by atoms with van der Waals surface area (Å²) in [7, 11) is 0. The molecule has 0 bridgehead atoms. The zero-order chi connectivity index (χ0) is 30.7. The summed E-state index contributed by atoms with van der Waals surface area (Å²) >= 11 is 0. The number of alkyl halides is 3. The number of aromatic nitrogens is 1. The molecule has 1 amide bonds. The van der Waals surface area contributed by atoms with E-state index >= 15 is 0 Å². The Kier molecular flexibility index (Phi) is 8.03. The molecule has 1 heterocycles. The van der Waals surface area contributed by atoms with E-state index < -0.39 is 29.6 Å². The Morgan fingerprint density at radius 3 is 2.28 bits per heavy atom. The molecular formula is C33H25F3N2O5. The van der Waals surface area contributed by atoms with Crippen LogP contribution in [0.2, 0.25) is 0 Å². The number of carbonyl (C=O) groups excluding carboxylic acids is 3. The maximum Gasteiger partial charge on any atom is 0.416 e. The SMILES string of the molecule is CCOC(=O)c1c(C)n(-c2ccccc2)c2ccc(OC(=O)c3ccccc3NC(=O)c3cccc(C(F)(F)F)c3)cc12. The standard InChI is InChI=1S/C33H25F3N2O5/c1-3-42-32(41)29-20(2)38(23-12-5-4-6-13-23)28-17-16-24(19-26(28)29)43-31(40)25-14-7-8-15-27(25)37-30(39)21-10-9-11-22(18-21)33(34,35)36/h4-19H,3H2,1-2H3,(H,37,39). The summed E-state index contributed by atoms with van der Waals surface area (Å²) in [5, 5.41) is 3.01. The second-order valence-electron chi connectivity index (χ2n) is 9.50. The van der Waals surface area contributed by atoms with Crippen LogP contribution in [0.25, 0.3) is 16.6 Å². The zero-order valence-corrected chi connectivity index (χ0v) is 23.1. The first-order valence-corrected chi connectivity index (χ1v) is 13.3. The number of para-hydroxylation sites is 2. The summed E-state index contributed by atoms with van der Waals surface area (Å²) in [4.78, 5) is 39.0. The number of hydrogen-bond donors (Lipinski definition) is 1. The highest BCUT2D eigenvalue weighted by Gasteiger charge is 2.31. The van der Waals surface area contributed by atoms with E-state index in [1.165, 1.54) is 18.2 Å². The van der Waals surface area contributed by atoms with Crippen molar-refractivity contribution < 1.29 is 37.0 Å². The second-order valence-corrected chi connectivity index (χ2v) is 9.50. The number of esters is 2. The minimum atomic E-state index is -4.62. The van der Waals surface area contributed by atoms with Crippen molar-refractivity contribution in [2.45, 2.75) is 20.0 Å². The molecule has 0 saturated carbocycles. The van der Waals surface area contributed by atoms with Crippen LogP contribution in [0.15, 0.2) is 97.1 Å². The van der Waals surface area contributed by atoms with E-state index in [4.69, 9.17) is 9.47 Å². The van der Waals surface area contributed by atoms with E-state index in [1.807, 2.05) is 34.9 Å². The number of halogens is 3. The van der Waals surface area contributed by atoms with Crippen LogP contribution in [0.4, 0.5) is 18.9 Å². The minimum Gasteiger partial charge on any atom is -0.462 e. The van der Waals surface area contributed by atoms with Gasteiger partial charge in [-0.05, 0) is 74.5 Å². The van der Waals surface area contributed by atoms with Gasteiger partial charge in [0, 0.05) is 22.3 Å². The van der Waals surface area contributed by atoms with E-state index in [2.05, 4.69) is 5.32 Å². The molecular weight excluding hydrogens is 561 g/mol. The molecule has 0 fully saturated rings. The first kappa shape index (κ1) is 29.1. The lowest BCUT2D eigenvalue weighted by Gasteiger charge is -2.12. The number of nitrogens with one attached hydrogen (secondary N) is 1. The van der Waals surface area contributed by atoms with E-state index in [0.29, 0.717) is 22.2 Å². The van der Waals surface area contributed by atoms with Crippen LogP contribution in [0.3, 0.4) is 0 Å². The van der Waals surface area contributed by atoms with Gasteiger partial charge in [-0.2, -0.15) is 13.2 Å². The number of anilines is 1. The number of benzene rings is 4. The number of fused-ring (bicyclic) bond motifs is 1. The van der Waals surface area contributed by atoms with Gasteiger partial charge in [0.1, 0.15) is 5.75 Å². The van der Waals surface area contributed by atoms with Crippen LogP contribution >= 0.6 is 0 Å². The average Bonchev–Trinajstić information content (AvgIpc) is 3.28. The summed E-state index contributed by atoms with van der Waals surface area (Å²) < 4.78 is 52.3. The summed E-state index contributed by atoms with van der Waals surface area (Å²) in [6, 6.07) is 24.3. The molecule has 0 aliphatic rings. The van der Waals surface area contributed by atoms with Gasteiger partial charge in [-0.1, -0.05) is 36.4 Å². The Morgan fingerprint density at radius 2 is 1.56 bits per heavy atom. The Balaban J connectivity index is 1.46. The lowest BCUT2D eigenvalue weighted by atomic mass is 10.1. The largest absolute Gasteiger partial charge is 0.462 e. The Hall–Kier alpha value is -5.38. The van der Waals surface area contributed by atoms with Crippen molar-refractivity contribution in [1.82, 2.24) is 4.57 Å². The predicted octanol–water partition coefficient (Wildman–Crippen LogP) is 7.61. The highest BCUT2D eigenvalue weighted by Crippen LogP contribution is 2.33. The van der Waals surface area contributed by atoms with Crippen LogP contribution in [-0.2, 0) is 10.9 Å². The predicted molar refractivity (Wildman–Crippen MR) is 155 cm³/mol. The van der Waals surface area contributed by atoms with Gasteiger partial charge in [-0.3, -0.25) is 4.79 Å². The van der Waals surface area contributed by atoms with Crippen molar-refractivity contribution in [2.75, 3.05) is 11.9 Å². The lowest BCUT2D eigenvalue weighted by Crippen LogP contribution is -2.17. The molecule has 0 unspecified atom stereocenters. The van der Waals surface area contributed by atoms with Crippen LogP contribution < -0.4 is 10.1 Å². The van der Waals surface area contributed by atoms with E-state index in [-0.39, 0.29) is 29.2 Å². The number of hydrogen-bond acceptors (Lipinski definition) is 5. The molecule has 43 heavy (non-hydrogen) atoms. The minimum absolute atomic E-state index is 0.0217. The third-order valence-electron chi connectivity index (χ3n) is 6.73. The summed E-state index contributed by atoms with van der Waals surface area (Å²) in [5.41, 5.74) is 1.32. The third-order valence-corrected chi connectivity index (χ3v) is 6.73. The maximum absolute atomic E-state index is 13.3. The number of carbonyl (C=O) groups is 3. The van der Waals surface area contributed by atoms with Crippen LogP contribution in [-0.4, -0.2) is 29.0 Å². The van der Waals surface area contributed by atoms with Gasteiger partial charge in [0.05, 0.1) is 34.5 Å². The fourth-order valence-electron chi connectivity index (χ4n) is 4.80. The summed E-state index contributed by atoms with van der Waals surface area (Å²) in [5.74, 6) is -2.04. The third kappa shape index (κ3) is 5.99. The molecule has 0 saturated heterocycles. The lowest BCUT2D eigenvalue weighted by molar-refractivity contribution is -0.137. The molecule has 5 rings (SSSR count).